The zero-order valence-electron chi connectivity index (χ0n) is 18.4. The number of rotatable bonds is 4. The van der Waals surface area contributed by atoms with Gasteiger partial charge in [-0.05, 0) is 29.8 Å². The number of hydrazone groups is 1. The van der Waals surface area contributed by atoms with Crippen molar-refractivity contribution in [1.29, 1.82) is 5.26 Å². The molecule has 0 spiro atoms. The van der Waals surface area contributed by atoms with Crippen LogP contribution in [-0.4, -0.2) is 56.1 Å². The average molecular weight is 481 g/mol. The number of halogens is 3. The van der Waals surface area contributed by atoms with Crippen LogP contribution in [0.5, 0.6) is 5.88 Å². The molecule has 0 saturated carbocycles. The van der Waals surface area contributed by atoms with Gasteiger partial charge in [0.25, 0.3) is 5.88 Å². The number of carbonyl (C=O) groups is 1. The number of likely N-dealkylation sites (tertiary alicyclic amines) is 1. The Hall–Kier alpha value is -4.40. The van der Waals surface area contributed by atoms with Crippen LogP contribution in [0.4, 0.5) is 18.0 Å². The van der Waals surface area contributed by atoms with E-state index in [1.54, 1.807) is 7.05 Å². The second kappa shape index (κ2) is 8.75. The van der Waals surface area contributed by atoms with E-state index in [0.717, 1.165) is 6.07 Å². The molecule has 178 valence electrons. The summed E-state index contributed by atoms with van der Waals surface area (Å²) in [7, 11) is 1.64. The average Bonchev–Trinajstić information content (AvgIpc) is 3.43. The Balaban J connectivity index is 1.26. The maximum Gasteiger partial charge on any atom is 0.341 e. The summed E-state index contributed by atoms with van der Waals surface area (Å²) in [5.74, 6) is -2.41. The molecule has 1 aromatic carbocycles. The highest BCUT2D eigenvalue weighted by Crippen LogP contribution is 2.32. The molecule has 0 aliphatic carbocycles. The molecule has 12 heteroatoms. The van der Waals surface area contributed by atoms with Gasteiger partial charge < -0.3 is 9.64 Å². The fraction of sp³-hybridized carbons (Fsp3) is 0.261. The lowest BCUT2D eigenvalue weighted by atomic mass is 10.0. The normalized spacial score (nSPS) is 17.4. The SMILES string of the molecule is Cn1ncc(C#N)c1-c1ccc(F)c(OC2CN(C(=O)N3N=CCC3c3cc(F)cc(F)c3)C2)n1. The summed E-state index contributed by atoms with van der Waals surface area (Å²) < 4.78 is 48.8. The van der Waals surface area contributed by atoms with Gasteiger partial charge in [0, 0.05) is 25.7 Å². The van der Waals surface area contributed by atoms with E-state index in [9.17, 15) is 23.2 Å². The fourth-order valence-corrected chi connectivity index (χ4v) is 4.08. The van der Waals surface area contributed by atoms with Crippen LogP contribution in [0.15, 0.2) is 41.6 Å². The number of benzene rings is 1. The molecule has 2 aliphatic heterocycles. The summed E-state index contributed by atoms with van der Waals surface area (Å²) in [4.78, 5) is 18.6. The highest BCUT2D eigenvalue weighted by Gasteiger charge is 2.39. The monoisotopic (exact) mass is 481 g/mol. The number of pyridine rings is 1. The van der Waals surface area contributed by atoms with E-state index in [1.807, 2.05) is 6.07 Å². The Morgan fingerprint density at radius 3 is 2.63 bits per heavy atom. The van der Waals surface area contributed by atoms with Crippen LogP contribution < -0.4 is 4.74 Å². The van der Waals surface area contributed by atoms with Crippen LogP contribution in [0, 0.1) is 28.8 Å². The number of nitrogens with zero attached hydrogens (tertiary/aromatic N) is 7. The van der Waals surface area contributed by atoms with Gasteiger partial charge in [-0.3, -0.25) is 4.68 Å². The minimum absolute atomic E-state index is 0.148. The predicted molar refractivity (Wildman–Crippen MR) is 117 cm³/mol. The van der Waals surface area contributed by atoms with E-state index in [1.165, 1.54) is 51.3 Å². The summed E-state index contributed by atoms with van der Waals surface area (Å²) in [6, 6.07) is 6.66. The second-order valence-corrected chi connectivity index (χ2v) is 8.15. The number of hydrogen-bond acceptors (Lipinski definition) is 6. The molecule has 35 heavy (non-hydrogen) atoms. The summed E-state index contributed by atoms with van der Waals surface area (Å²) in [5.41, 5.74) is 1.34. The lowest BCUT2D eigenvalue weighted by Crippen LogP contribution is -2.59. The zero-order chi connectivity index (χ0) is 24.7. The smallest absolute Gasteiger partial charge is 0.341 e. The molecule has 1 atom stereocenters. The first kappa shape index (κ1) is 22.4. The van der Waals surface area contributed by atoms with Crippen LogP contribution in [0.3, 0.4) is 0 Å². The minimum atomic E-state index is -0.735. The van der Waals surface area contributed by atoms with Crippen LogP contribution in [0.1, 0.15) is 23.6 Å². The largest absolute Gasteiger partial charge is 0.468 e. The number of urea groups is 1. The van der Waals surface area contributed by atoms with Crippen LogP contribution in [0.25, 0.3) is 11.4 Å². The zero-order valence-corrected chi connectivity index (χ0v) is 18.4. The molecule has 5 rings (SSSR count). The van der Waals surface area contributed by atoms with E-state index in [2.05, 4.69) is 15.2 Å². The molecular formula is C23H18F3N7O2. The van der Waals surface area contributed by atoms with E-state index in [0.29, 0.717) is 23.4 Å². The first-order valence-electron chi connectivity index (χ1n) is 10.7. The highest BCUT2D eigenvalue weighted by molar-refractivity contribution is 5.79. The summed E-state index contributed by atoms with van der Waals surface area (Å²) >= 11 is 0. The molecule has 0 N–H and O–H groups in total. The first-order valence-corrected chi connectivity index (χ1v) is 10.7. The Morgan fingerprint density at radius 1 is 1.17 bits per heavy atom. The van der Waals surface area contributed by atoms with Gasteiger partial charge in [-0.1, -0.05) is 0 Å². The number of amides is 2. The molecule has 2 aliphatic rings. The summed E-state index contributed by atoms with van der Waals surface area (Å²) in [5, 5.41) is 18.5. The van der Waals surface area contributed by atoms with Gasteiger partial charge in [-0.2, -0.15) is 15.5 Å². The second-order valence-electron chi connectivity index (χ2n) is 8.15. The van der Waals surface area contributed by atoms with E-state index in [4.69, 9.17) is 4.74 Å². The molecular weight excluding hydrogens is 463 g/mol. The molecule has 9 nitrogen and oxygen atoms in total. The summed E-state index contributed by atoms with van der Waals surface area (Å²) in [6.45, 7) is 0.297. The number of hydrogen-bond donors (Lipinski definition) is 0. The number of nitriles is 1. The van der Waals surface area contributed by atoms with E-state index >= 15 is 0 Å². The quantitative estimate of drug-likeness (QED) is 0.569. The lowest BCUT2D eigenvalue weighted by molar-refractivity contribution is 0.0231. The topological polar surface area (TPSA) is 99.6 Å². The third-order valence-electron chi connectivity index (χ3n) is 5.81. The van der Waals surface area contributed by atoms with E-state index in [-0.39, 0.29) is 24.5 Å². The molecule has 1 fully saturated rings. The molecule has 0 radical (unpaired) electrons. The van der Waals surface area contributed by atoms with Gasteiger partial charge in [0.1, 0.15) is 29.5 Å². The first-order chi connectivity index (χ1) is 16.8. The Labute approximate surface area is 197 Å². The van der Waals surface area contributed by atoms with Gasteiger partial charge >= 0.3 is 6.03 Å². The summed E-state index contributed by atoms with van der Waals surface area (Å²) in [6.07, 6.45) is 2.71. The van der Waals surface area contributed by atoms with Crippen molar-refractivity contribution in [3.05, 3.63) is 65.1 Å². The number of aromatic nitrogens is 3. The molecule has 1 saturated heterocycles. The maximum atomic E-state index is 14.4. The number of ether oxygens (including phenoxy) is 1. The molecule has 2 amide bonds. The predicted octanol–water partition coefficient (Wildman–Crippen LogP) is 3.39. The van der Waals surface area contributed by atoms with Gasteiger partial charge in [0.2, 0.25) is 0 Å². The van der Waals surface area contributed by atoms with Crippen molar-refractivity contribution in [2.45, 2.75) is 18.6 Å². The number of carbonyl (C=O) groups excluding carboxylic acids is 1. The van der Waals surface area contributed by atoms with Crippen molar-refractivity contribution < 1.29 is 22.7 Å². The standard InChI is InChI=1S/C23H18F3N7O2/c1-31-21(14(9-27)10-29-31)19-3-2-18(26)22(30-19)35-17-11-32(12-17)23(34)33-20(4-5-28-33)13-6-15(24)8-16(25)7-13/h2-3,5-8,10,17,20H,4,11-12H2,1H3. The van der Waals surface area contributed by atoms with Gasteiger partial charge in [0.05, 0.1) is 36.6 Å². The van der Waals surface area contributed by atoms with Crippen LogP contribution >= 0.6 is 0 Å². The molecule has 3 aromatic rings. The molecule has 0 bridgehead atoms. The highest BCUT2D eigenvalue weighted by atomic mass is 19.1. The Kier molecular flexibility index (Phi) is 5.60. The van der Waals surface area contributed by atoms with Crippen molar-refractivity contribution >= 4 is 12.2 Å². The van der Waals surface area contributed by atoms with Crippen molar-refractivity contribution in [2.24, 2.45) is 12.1 Å². The molecule has 4 heterocycles. The van der Waals surface area contributed by atoms with Crippen molar-refractivity contribution in [2.75, 3.05) is 13.1 Å². The Morgan fingerprint density at radius 2 is 1.91 bits per heavy atom. The van der Waals surface area contributed by atoms with Crippen molar-refractivity contribution in [3.8, 4) is 23.3 Å². The lowest BCUT2D eigenvalue weighted by Gasteiger charge is -2.40. The third kappa shape index (κ3) is 4.16. The number of aryl methyl sites for hydroxylation is 1. The Bertz CT molecular complexity index is 1360. The third-order valence-corrected chi connectivity index (χ3v) is 5.81. The van der Waals surface area contributed by atoms with Gasteiger partial charge in [-0.15, -0.1) is 0 Å². The van der Waals surface area contributed by atoms with E-state index < -0.39 is 35.6 Å². The van der Waals surface area contributed by atoms with Crippen molar-refractivity contribution in [1.82, 2.24) is 24.7 Å². The molecule has 2 aromatic heterocycles. The van der Waals surface area contributed by atoms with Crippen LogP contribution in [-0.2, 0) is 7.05 Å². The van der Waals surface area contributed by atoms with Crippen LogP contribution in [0.2, 0.25) is 0 Å². The van der Waals surface area contributed by atoms with Crippen molar-refractivity contribution in [3.63, 3.8) is 0 Å². The maximum absolute atomic E-state index is 14.4. The fourth-order valence-electron chi connectivity index (χ4n) is 4.08. The van der Waals surface area contributed by atoms with Gasteiger partial charge in [0.15, 0.2) is 5.82 Å². The molecule has 1 unspecified atom stereocenters. The van der Waals surface area contributed by atoms with Gasteiger partial charge in [-0.25, -0.2) is 28.0 Å². The minimum Gasteiger partial charge on any atom is -0.468 e.